The van der Waals surface area contributed by atoms with E-state index >= 15 is 0 Å². The normalized spacial score (nSPS) is 16.7. The number of methoxy groups -OCH3 is 1. The molecule has 0 heterocycles. The van der Waals surface area contributed by atoms with Gasteiger partial charge in [0.1, 0.15) is 5.75 Å². The zero-order chi connectivity index (χ0) is 14.7. The van der Waals surface area contributed by atoms with E-state index in [1.54, 1.807) is 7.11 Å². The van der Waals surface area contributed by atoms with Crippen molar-refractivity contribution in [2.75, 3.05) is 19.4 Å². The van der Waals surface area contributed by atoms with E-state index in [0.29, 0.717) is 6.04 Å². The first-order chi connectivity index (χ1) is 10.3. The van der Waals surface area contributed by atoms with Crippen LogP contribution < -0.4 is 15.8 Å². The number of ether oxygens (including phenoxy) is 1. The second-order valence-electron chi connectivity index (χ2n) is 5.61. The van der Waals surface area contributed by atoms with E-state index < -0.39 is 0 Å². The Hall–Kier alpha value is -2.00. The van der Waals surface area contributed by atoms with Gasteiger partial charge in [0.05, 0.1) is 7.11 Å². The van der Waals surface area contributed by atoms with E-state index in [1.165, 1.54) is 16.7 Å². The molecule has 3 nitrogen and oxygen atoms in total. The van der Waals surface area contributed by atoms with Crippen molar-refractivity contribution in [1.82, 2.24) is 5.32 Å². The molecule has 0 fully saturated rings. The summed E-state index contributed by atoms with van der Waals surface area (Å²) in [4.78, 5) is 0. The summed E-state index contributed by atoms with van der Waals surface area (Å²) in [6, 6.07) is 15.0. The van der Waals surface area contributed by atoms with Crippen molar-refractivity contribution in [3.8, 4) is 5.75 Å². The van der Waals surface area contributed by atoms with Gasteiger partial charge in [0.15, 0.2) is 0 Å². The van der Waals surface area contributed by atoms with Crippen molar-refractivity contribution in [3.63, 3.8) is 0 Å². The lowest BCUT2D eigenvalue weighted by Gasteiger charge is -2.14. The third-order valence-corrected chi connectivity index (χ3v) is 4.18. The Labute approximate surface area is 126 Å². The molecule has 0 saturated carbocycles. The number of hydrogen-bond acceptors (Lipinski definition) is 3. The third kappa shape index (κ3) is 3.19. The largest absolute Gasteiger partial charge is 0.497 e. The van der Waals surface area contributed by atoms with Gasteiger partial charge in [-0.1, -0.05) is 18.2 Å². The number of rotatable bonds is 5. The van der Waals surface area contributed by atoms with Crippen LogP contribution in [0.15, 0.2) is 42.5 Å². The standard InChI is InChI=1S/C18H22N2O/c1-21-16-4-2-3-13(11-16)9-10-20-18-8-5-14-12-15(19)6-7-17(14)18/h2-4,6-7,11-12,18,20H,5,8-10,19H2,1H3. The van der Waals surface area contributed by atoms with Crippen LogP contribution in [0, 0.1) is 0 Å². The summed E-state index contributed by atoms with van der Waals surface area (Å²) < 4.78 is 5.26. The number of anilines is 1. The fourth-order valence-corrected chi connectivity index (χ4v) is 3.07. The third-order valence-electron chi connectivity index (χ3n) is 4.18. The Morgan fingerprint density at radius 3 is 3.00 bits per heavy atom. The molecule has 0 radical (unpaired) electrons. The zero-order valence-electron chi connectivity index (χ0n) is 12.4. The second-order valence-corrected chi connectivity index (χ2v) is 5.61. The molecular formula is C18H22N2O. The molecule has 1 aliphatic rings. The summed E-state index contributed by atoms with van der Waals surface area (Å²) in [6.07, 6.45) is 3.30. The molecule has 2 aromatic rings. The summed E-state index contributed by atoms with van der Waals surface area (Å²) in [6.45, 7) is 0.974. The lowest BCUT2D eigenvalue weighted by molar-refractivity contribution is 0.414. The van der Waals surface area contributed by atoms with E-state index in [2.05, 4.69) is 29.6 Å². The maximum atomic E-state index is 5.85. The van der Waals surface area contributed by atoms with Gasteiger partial charge in [-0.25, -0.2) is 0 Å². The molecule has 21 heavy (non-hydrogen) atoms. The second kappa shape index (κ2) is 6.19. The van der Waals surface area contributed by atoms with Crippen LogP contribution in [0.4, 0.5) is 5.69 Å². The molecular weight excluding hydrogens is 260 g/mol. The predicted molar refractivity (Wildman–Crippen MR) is 86.6 cm³/mol. The van der Waals surface area contributed by atoms with Crippen molar-refractivity contribution < 1.29 is 4.74 Å². The van der Waals surface area contributed by atoms with E-state index in [1.807, 2.05) is 18.2 Å². The van der Waals surface area contributed by atoms with Gasteiger partial charge in [0, 0.05) is 11.7 Å². The number of benzene rings is 2. The molecule has 1 atom stereocenters. The number of fused-ring (bicyclic) bond motifs is 1. The molecule has 0 amide bonds. The molecule has 1 unspecified atom stereocenters. The van der Waals surface area contributed by atoms with Gasteiger partial charge in [-0.05, 0) is 66.8 Å². The van der Waals surface area contributed by atoms with Crippen LogP contribution in [0.5, 0.6) is 5.75 Å². The number of hydrogen-bond donors (Lipinski definition) is 2. The van der Waals surface area contributed by atoms with Crippen LogP contribution in [0.3, 0.4) is 0 Å². The van der Waals surface area contributed by atoms with Crippen molar-refractivity contribution in [2.45, 2.75) is 25.3 Å². The van der Waals surface area contributed by atoms with E-state index in [4.69, 9.17) is 10.5 Å². The Morgan fingerprint density at radius 1 is 1.24 bits per heavy atom. The van der Waals surface area contributed by atoms with Crippen LogP contribution in [0.25, 0.3) is 0 Å². The maximum absolute atomic E-state index is 5.85. The minimum atomic E-state index is 0.464. The van der Waals surface area contributed by atoms with Crippen LogP contribution in [-0.2, 0) is 12.8 Å². The topological polar surface area (TPSA) is 47.3 Å². The van der Waals surface area contributed by atoms with Crippen molar-refractivity contribution in [3.05, 3.63) is 59.2 Å². The van der Waals surface area contributed by atoms with Gasteiger partial charge < -0.3 is 15.8 Å². The Morgan fingerprint density at radius 2 is 2.14 bits per heavy atom. The van der Waals surface area contributed by atoms with Gasteiger partial charge >= 0.3 is 0 Å². The molecule has 0 spiro atoms. The number of nitrogen functional groups attached to an aromatic ring is 1. The van der Waals surface area contributed by atoms with Gasteiger partial charge in [0.25, 0.3) is 0 Å². The first-order valence-corrected chi connectivity index (χ1v) is 7.51. The minimum Gasteiger partial charge on any atom is -0.497 e. The number of nitrogens with two attached hydrogens (primary N) is 1. The SMILES string of the molecule is COc1cccc(CCNC2CCc3cc(N)ccc32)c1. The summed E-state index contributed by atoms with van der Waals surface area (Å²) in [5, 5.41) is 3.66. The van der Waals surface area contributed by atoms with E-state index in [9.17, 15) is 0 Å². The molecule has 110 valence electrons. The average molecular weight is 282 g/mol. The quantitative estimate of drug-likeness (QED) is 0.828. The summed E-state index contributed by atoms with van der Waals surface area (Å²) in [5.74, 6) is 0.925. The average Bonchev–Trinajstić information content (AvgIpc) is 2.90. The van der Waals surface area contributed by atoms with Crippen molar-refractivity contribution in [1.29, 1.82) is 0 Å². The highest BCUT2D eigenvalue weighted by atomic mass is 16.5. The van der Waals surface area contributed by atoms with Gasteiger partial charge in [-0.3, -0.25) is 0 Å². The Balaban J connectivity index is 1.57. The fraction of sp³-hybridized carbons (Fsp3) is 0.333. The highest BCUT2D eigenvalue weighted by Gasteiger charge is 2.21. The maximum Gasteiger partial charge on any atom is 0.119 e. The molecule has 2 aromatic carbocycles. The highest BCUT2D eigenvalue weighted by molar-refractivity contribution is 5.47. The highest BCUT2D eigenvalue weighted by Crippen LogP contribution is 2.32. The summed E-state index contributed by atoms with van der Waals surface area (Å²) >= 11 is 0. The van der Waals surface area contributed by atoms with Crippen molar-refractivity contribution in [2.24, 2.45) is 0 Å². The molecule has 1 aliphatic carbocycles. The number of aryl methyl sites for hydroxylation is 1. The molecule has 0 aliphatic heterocycles. The molecule has 0 aromatic heterocycles. The molecule has 0 saturated heterocycles. The summed E-state index contributed by atoms with van der Waals surface area (Å²) in [5.41, 5.74) is 10.8. The Bertz CT molecular complexity index is 624. The van der Waals surface area contributed by atoms with E-state index in [-0.39, 0.29) is 0 Å². The fourth-order valence-electron chi connectivity index (χ4n) is 3.07. The molecule has 3 heteroatoms. The molecule has 3 N–H and O–H groups in total. The van der Waals surface area contributed by atoms with E-state index in [0.717, 1.165) is 37.2 Å². The summed E-state index contributed by atoms with van der Waals surface area (Å²) in [7, 11) is 1.71. The molecule has 0 bridgehead atoms. The smallest absolute Gasteiger partial charge is 0.119 e. The lowest BCUT2D eigenvalue weighted by atomic mass is 10.1. The van der Waals surface area contributed by atoms with Gasteiger partial charge in [0.2, 0.25) is 0 Å². The Kier molecular flexibility index (Phi) is 4.11. The number of nitrogens with one attached hydrogen (secondary N) is 1. The monoisotopic (exact) mass is 282 g/mol. The van der Waals surface area contributed by atoms with Crippen LogP contribution in [0.1, 0.15) is 29.2 Å². The first kappa shape index (κ1) is 14.0. The van der Waals surface area contributed by atoms with Crippen LogP contribution in [0.2, 0.25) is 0 Å². The van der Waals surface area contributed by atoms with Gasteiger partial charge in [-0.15, -0.1) is 0 Å². The van der Waals surface area contributed by atoms with Crippen molar-refractivity contribution >= 4 is 5.69 Å². The first-order valence-electron chi connectivity index (χ1n) is 7.51. The van der Waals surface area contributed by atoms with Crippen LogP contribution in [-0.4, -0.2) is 13.7 Å². The van der Waals surface area contributed by atoms with Crippen LogP contribution >= 0.6 is 0 Å². The molecule has 3 rings (SSSR count). The zero-order valence-corrected chi connectivity index (χ0v) is 12.4. The lowest BCUT2D eigenvalue weighted by Crippen LogP contribution is -2.21. The predicted octanol–water partition coefficient (Wildman–Crippen LogP) is 3.10. The minimum absolute atomic E-state index is 0.464. The van der Waals surface area contributed by atoms with Gasteiger partial charge in [-0.2, -0.15) is 0 Å².